The molecule has 4 aromatic rings. The van der Waals surface area contributed by atoms with Crippen molar-refractivity contribution in [1.82, 2.24) is 4.98 Å². The molecule has 3 aromatic carbocycles. The molecule has 4 rings (SSSR count). The summed E-state index contributed by atoms with van der Waals surface area (Å²) in [7, 11) is 0. The lowest BCUT2D eigenvalue weighted by atomic mass is 10.0. The molecule has 0 fully saturated rings. The smallest absolute Gasteiger partial charge is 0.247 e. The minimum atomic E-state index is -0.256. The number of hydrogen-bond acceptors (Lipinski definition) is 4. The van der Waals surface area contributed by atoms with E-state index in [4.69, 9.17) is 15.5 Å². The number of aromatic nitrogens is 1. The number of nitrogens with two attached hydrogens (primary N) is 1. The first-order valence-electron chi connectivity index (χ1n) is 10.4. The highest BCUT2D eigenvalue weighted by Gasteiger charge is 2.12. The van der Waals surface area contributed by atoms with Crippen LogP contribution in [-0.4, -0.2) is 10.9 Å². The maximum absolute atomic E-state index is 11.5. The van der Waals surface area contributed by atoms with Gasteiger partial charge in [-0.05, 0) is 66.7 Å². The van der Waals surface area contributed by atoms with Gasteiger partial charge in [0.25, 0.3) is 0 Å². The summed E-state index contributed by atoms with van der Waals surface area (Å²) in [5, 5.41) is 2.74. The Labute approximate surface area is 192 Å². The molecular formula is C28H23N3O2. The van der Waals surface area contributed by atoms with Gasteiger partial charge >= 0.3 is 0 Å². The standard InChI is InChI=1S/C28H23N3O2/c1-3-27(32)30-22-13-9-20(10-14-22)26-18-17-25(19(2)29)28(31-26)21-11-15-24(16-12-21)33-23-7-5-4-6-8-23/h3-18H,1-2,29H2,(H,30,32). The average Bonchev–Trinajstić information content (AvgIpc) is 2.85. The second kappa shape index (κ2) is 9.66. The van der Waals surface area contributed by atoms with Crippen molar-refractivity contribution in [3.8, 4) is 34.0 Å². The maximum atomic E-state index is 11.5. The third kappa shape index (κ3) is 5.17. The van der Waals surface area contributed by atoms with E-state index in [9.17, 15) is 4.79 Å². The van der Waals surface area contributed by atoms with Gasteiger partial charge in [-0.3, -0.25) is 4.79 Å². The van der Waals surface area contributed by atoms with Crippen molar-refractivity contribution in [3.63, 3.8) is 0 Å². The number of carbonyl (C=O) groups is 1. The lowest BCUT2D eigenvalue weighted by Crippen LogP contribution is -2.06. The van der Waals surface area contributed by atoms with Gasteiger partial charge < -0.3 is 15.8 Å². The average molecular weight is 434 g/mol. The molecule has 33 heavy (non-hydrogen) atoms. The largest absolute Gasteiger partial charge is 0.457 e. The van der Waals surface area contributed by atoms with Crippen LogP contribution in [0.2, 0.25) is 0 Å². The minimum absolute atomic E-state index is 0.256. The molecule has 1 heterocycles. The second-order valence-corrected chi connectivity index (χ2v) is 7.33. The van der Waals surface area contributed by atoms with E-state index in [0.29, 0.717) is 11.4 Å². The third-order valence-corrected chi connectivity index (χ3v) is 4.98. The van der Waals surface area contributed by atoms with E-state index in [0.717, 1.165) is 39.6 Å². The van der Waals surface area contributed by atoms with Gasteiger partial charge in [0.15, 0.2) is 0 Å². The van der Waals surface area contributed by atoms with E-state index in [1.807, 2.05) is 91.0 Å². The molecule has 0 radical (unpaired) electrons. The SMILES string of the molecule is C=CC(=O)Nc1ccc(-c2ccc(C(=C)N)c(-c3ccc(Oc4ccccc4)cc3)n2)cc1. The van der Waals surface area contributed by atoms with E-state index >= 15 is 0 Å². The Morgan fingerprint density at radius 3 is 2.12 bits per heavy atom. The maximum Gasteiger partial charge on any atom is 0.247 e. The number of ether oxygens (including phenoxy) is 1. The van der Waals surface area contributed by atoms with Crippen LogP contribution in [0.15, 0.2) is 110 Å². The van der Waals surface area contributed by atoms with E-state index in [1.54, 1.807) is 0 Å². The van der Waals surface area contributed by atoms with Crippen molar-refractivity contribution in [3.05, 3.63) is 116 Å². The molecule has 0 aliphatic rings. The van der Waals surface area contributed by atoms with Gasteiger partial charge in [-0.15, -0.1) is 0 Å². The highest BCUT2D eigenvalue weighted by Crippen LogP contribution is 2.31. The minimum Gasteiger partial charge on any atom is -0.457 e. The molecule has 0 saturated carbocycles. The number of amides is 1. The van der Waals surface area contributed by atoms with Crippen LogP contribution in [0.5, 0.6) is 11.5 Å². The summed E-state index contributed by atoms with van der Waals surface area (Å²) in [5.41, 5.74) is 11.3. The van der Waals surface area contributed by atoms with Crippen LogP contribution >= 0.6 is 0 Å². The molecule has 0 atom stereocenters. The Hall–Kier alpha value is -4.64. The first-order valence-corrected chi connectivity index (χ1v) is 10.4. The van der Waals surface area contributed by atoms with E-state index < -0.39 is 0 Å². The Bertz CT molecular complexity index is 1300. The van der Waals surface area contributed by atoms with Crippen LogP contribution < -0.4 is 15.8 Å². The summed E-state index contributed by atoms with van der Waals surface area (Å²) in [6.07, 6.45) is 1.23. The number of benzene rings is 3. The van der Waals surface area contributed by atoms with Crippen molar-refractivity contribution < 1.29 is 9.53 Å². The fourth-order valence-corrected chi connectivity index (χ4v) is 3.32. The van der Waals surface area contributed by atoms with Crippen molar-refractivity contribution in [2.75, 3.05) is 5.32 Å². The number of para-hydroxylation sites is 1. The fourth-order valence-electron chi connectivity index (χ4n) is 3.32. The van der Waals surface area contributed by atoms with E-state index in [-0.39, 0.29) is 5.91 Å². The lowest BCUT2D eigenvalue weighted by Gasteiger charge is -2.13. The molecule has 1 aromatic heterocycles. The highest BCUT2D eigenvalue weighted by atomic mass is 16.5. The first-order chi connectivity index (χ1) is 16.0. The van der Waals surface area contributed by atoms with Gasteiger partial charge in [0.05, 0.1) is 11.4 Å². The van der Waals surface area contributed by atoms with Crippen LogP contribution in [0.3, 0.4) is 0 Å². The van der Waals surface area contributed by atoms with Crippen LogP contribution in [0.1, 0.15) is 5.56 Å². The molecule has 5 nitrogen and oxygen atoms in total. The molecule has 0 spiro atoms. The Morgan fingerprint density at radius 2 is 1.48 bits per heavy atom. The van der Waals surface area contributed by atoms with Crippen molar-refractivity contribution in [2.24, 2.45) is 5.73 Å². The van der Waals surface area contributed by atoms with Crippen LogP contribution in [0, 0.1) is 0 Å². The predicted octanol–water partition coefficient (Wildman–Crippen LogP) is 6.26. The lowest BCUT2D eigenvalue weighted by molar-refractivity contribution is -0.111. The number of rotatable bonds is 7. The molecule has 0 aliphatic heterocycles. The zero-order valence-corrected chi connectivity index (χ0v) is 18.0. The van der Waals surface area contributed by atoms with E-state index in [1.165, 1.54) is 6.08 Å². The molecule has 162 valence electrons. The molecule has 0 saturated heterocycles. The first kappa shape index (κ1) is 21.6. The quantitative estimate of drug-likeness (QED) is 0.337. The summed E-state index contributed by atoms with van der Waals surface area (Å²) in [6.45, 7) is 7.36. The number of hydrogen-bond donors (Lipinski definition) is 2. The fraction of sp³-hybridized carbons (Fsp3) is 0. The molecule has 1 amide bonds. The third-order valence-electron chi connectivity index (χ3n) is 4.98. The van der Waals surface area contributed by atoms with Gasteiger partial charge in [-0.2, -0.15) is 0 Å². The number of carbonyl (C=O) groups excluding carboxylic acids is 1. The van der Waals surface area contributed by atoms with Crippen molar-refractivity contribution >= 4 is 17.3 Å². The molecule has 0 aliphatic carbocycles. The number of pyridine rings is 1. The summed E-state index contributed by atoms with van der Waals surface area (Å²) >= 11 is 0. The monoisotopic (exact) mass is 433 g/mol. The summed E-state index contributed by atoms with van der Waals surface area (Å²) < 4.78 is 5.89. The normalized spacial score (nSPS) is 10.3. The molecular weight excluding hydrogens is 410 g/mol. The summed E-state index contributed by atoms with van der Waals surface area (Å²) in [6, 6.07) is 28.6. The topological polar surface area (TPSA) is 77.2 Å². The van der Waals surface area contributed by atoms with Gasteiger partial charge in [0, 0.05) is 28.1 Å². The highest BCUT2D eigenvalue weighted by molar-refractivity contribution is 5.99. The predicted molar refractivity (Wildman–Crippen MR) is 134 cm³/mol. The Balaban J connectivity index is 1.63. The summed E-state index contributed by atoms with van der Waals surface area (Å²) in [5.74, 6) is 1.24. The van der Waals surface area contributed by atoms with Crippen molar-refractivity contribution in [1.29, 1.82) is 0 Å². The zero-order chi connectivity index (χ0) is 23.2. The van der Waals surface area contributed by atoms with Crippen LogP contribution in [-0.2, 0) is 4.79 Å². The number of nitrogens with zero attached hydrogens (tertiary/aromatic N) is 1. The van der Waals surface area contributed by atoms with Gasteiger partial charge in [0.1, 0.15) is 11.5 Å². The number of anilines is 1. The van der Waals surface area contributed by atoms with Crippen LogP contribution in [0.4, 0.5) is 5.69 Å². The van der Waals surface area contributed by atoms with E-state index in [2.05, 4.69) is 18.5 Å². The van der Waals surface area contributed by atoms with Gasteiger partial charge in [-0.1, -0.05) is 43.5 Å². The molecule has 0 unspecified atom stereocenters. The Morgan fingerprint density at radius 1 is 0.848 bits per heavy atom. The van der Waals surface area contributed by atoms with Gasteiger partial charge in [-0.25, -0.2) is 4.98 Å². The molecule has 3 N–H and O–H groups in total. The molecule has 0 bridgehead atoms. The second-order valence-electron chi connectivity index (χ2n) is 7.33. The summed E-state index contributed by atoms with van der Waals surface area (Å²) in [4.78, 5) is 16.4. The van der Waals surface area contributed by atoms with Gasteiger partial charge in [0.2, 0.25) is 5.91 Å². The molecule has 5 heteroatoms. The Kier molecular flexibility index (Phi) is 6.32. The van der Waals surface area contributed by atoms with Crippen molar-refractivity contribution in [2.45, 2.75) is 0 Å². The zero-order valence-electron chi connectivity index (χ0n) is 18.0. The van der Waals surface area contributed by atoms with Crippen LogP contribution in [0.25, 0.3) is 28.2 Å². The number of nitrogens with one attached hydrogen (secondary N) is 1.